The van der Waals surface area contributed by atoms with Crippen molar-refractivity contribution >= 4 is 24.4 Å². The van der Waals surface area contributed by atoms with Gasteiger partial charge in [-0.2, -0.15) is 0 Å². The molecule has 0 spiro atoms. The molecule has 4 N–H and O–H groups in total. The smallest absolute Gasteiger partial charge is 0.317 e. The molecule has 0 radical (unpaired) electrons. The Labute approximate surface area is 133 Å². The van der Waals surface area contributed by atoms with Crippen LogP contribution in [0.5, 0.6) is 0 Å². The van der Waals surface area contributed by atoms with Crippen molar-refractivity contribution in [2.75, 3.05) is 39.3 Å². The lowest BCUT2D eigenvalue weighted by Crippen LogP contribution is -2.39. The first-order chi connectivity index (χ1) is 10.8. The van der Waals surface area contributed by atoms with Gasteiger partial charge >= 0.3 is 17.9 Å². The maximum Gasteiger partial charge on any atom is 0.317 e. The van der Waals surface area contributed by atoms with Gasteiger partial charge in [0.1, 0.15) is 0 Å². The van der Waals surface area contributed by atoms with E-state index in [-0.39, 0.29) is 32.4 Å². The molecule has 23 heavy (non-hydrogen) atoms. The molecular weight excluding hydrogens is 312 g/mol. The quantitative estimate of drug-likeness (QED) is 0.337. The minimum Gasteiger partial charge on any atom is -0.483 e. The number of carboxylic acid groups (broad SMARTS) is 4. The van der Waals surface area contributed by atoms with Gasteiger partial charge < -0.3 is 25.3 Å². The van der Waals surface area contributed by atoms with Crippen LogP contribution >= 0.6 is 0 Å². The summed E-state index contributed by atoms with van der Waals surface area (Å²) in [6, 6.07) is 0. The molecule has 10 nitrogen and oxygen atoms in total. The van der Waals surface area contributed by atoms with E-state index in [1.54, 1.807) is 4.90 Å². The lowest BCUT2D eigenvalue weighted by molar-refractivity contribution is -0.141. The molecule has 0 aliphatic rings. The summed E-state index contributed by atoms with van der Waals surface area (Å²) in [5.74, 6) is -2.86. The van der Waals surface area contributed by atoms with Gasteiger partial charge in [0.25, 0.3) is 6.47 Å². The van der Waals surface area contributed by atoms with E-state index in [1.807, 2.05) is 11.8 Å². The van der Waals surface area contributed by atoms with Gasteiger partial charge in [-0.1, -0.05) is 6.92 Å². The van der Waals surface area contributed by atoms with Gasteiger partial charge in [0.2, 0.25) is 0 Å². The number of carbonyl (C=O) groups is 4. The van der Waals surface area contributed by atoms with Gasteiger partial charge in [-0.25, -0.2) is 0 Å². The lowest BCUT2D eigenvalue weighted by atomic mass is 10.3. The van der Waals surface area contributed by atoms with Crippen molar-refractivity contribution in [3.8, 4) is 0 Å². The molecule has 10 heteroatoms. The molecule has 0 aromatic carbocycles. The summed E-state index contributed by atoms with van der Waals surface area (Å²) in [6.07, 6.45) is -0.0869. The van der Waals surface area contributed by atoms with Crippen molar-refractivity contribution in [3.05, 3.63) is 0 Å². The summed E-state index contributed by atoms with van der Waals surface area (Å²) in [5, 5.41) is 32.9. The van der Waals surface area contributed by atoms with Crippen molar-refractivity contribution in [1.29, 1.82) is 0 Å². The van der Waals surface area contributed by atoms with Crippen LogP contribution in [0.3, 0.4) is 0 Å². The molecule has 0 aliphatic heterocycles. The van der Waals surface area contributed by atoms with Crippen LogP contribution in [0.4, 0.5) is 0 Å². The monoisotopic (exact) mass is 336 g/mol. The minimum atomic E-state index is -1.01. The first-order valence-electron chi connectivity index (χ1n) is 6.94. The zero-order chi connectivity index (χ0) is 18.3. The fourth-order valence-corrected chi connectivity index (χ4v) is 1.68. The van der Waals surface area contributed by atoms with Gasteiger partial charge in [-0.15, -0.1) is 0 Å². The number of hydrogen-bond acceptors (Lipinski definition) is 6. The maximum absolute atomic E-state index is 10.7. The summed E-state index contributed by atoms with van der Waals surface area (Å²) < 4.78 is 0. The summed E-state index contributed by atoms with van der Waals surface area (Å²) >= 11 is 0. The third-order valence-electron chi connectivity index (χ3n) is 2.82. The average molecular weight is 336 g/mol. The van der Waals surface area contributed by atoms with Crippen LogP contribution in [0, 0.1) is 0 Å². The Bertz CT molecular complexity index is 375. The van der Waals surface area contributed by atoms with Crippen LogP contribution in [0.2, 0.25) is 0 Å². The van der Waals surface area contributed by atoms with Crippen LogP contribution in [-0.4, -0.2) is 93.9 Å². The van der Waals surface area contributed by atoms with E-state index < -0.39 is 17.9 Å². The predicted octanol–water partition coefficient (Wildman–Crippen LogP) is -0.655. The van der Waals surface area contributed by atoms with Gasteiger partial charge in [0.05, 0.1) is 19.4 Å². The molecule has 0 aromatic rings. The minimum absolute atomic E-state index is 0.0297. The number of likely N-dealkylation sites (N-methyl/N-ethyl adjacent to an activating group) is 1. The zero-order valence-electron chi connectivity index (χ0n) is 13.1. The molecular formula is C13H24N2O8. The largest absolute Gasteiger partial charge is 0.483 e. The molecule has 0 heterocycles. The molecule has 0 aliphatic carbocycles. The van der Waals surface area contributed by atoms with E-state index in [0.717, 1.165) is 0 Å². The Balaban J connectivity index is 0. The number of aliphatic carboxylic acids is 3. The van der Waals surface area contributed by atoms with E-state index in [1.165, 1.54) is 0 Å². The lowest BCUT2D eigenvalue weighted by Gasteiger charge is -2.25. The summed E-state index contributed by atoms with van der Waals surface area (Å²) in [7, 11) is 0. The molecule has 0 fully saturated rings. The van der Waals surface area contributed by atoms with E-state index in [4.69, 9.17) is 25.2 Å². The van der Waals surface area contributed by atoms with Gasteiger partial charge in [-0.3, -0.25) is 24.1 Å². The first kappa shape index (κ1) is 23.1. The standard InChI is InChI=1S/C12H22N2O6.CH2O2/c1-2-13(5-3-10(15)16)7-8-14(9-12(19)20)6-4-11(17)18;2-1-3/h2-9H2,1H3,(H,15,16)(H,17,18)(H,19,20);1H,(H,2,3). The molecule has 0 bridgehead atoms. The fourth-order valence-electron chi connectivity index (χ4n) is 1.68. The summed E-state index contributed by atoms with van der Waals surface area (Å²) in [4.78, 5) is 43.5. The average Bonchev–Trinajstić information content (AvgIpc) is 2.44. The topological polar surface area (TPSA) is 156 Å². The van der Waals surface area contributed by atoms with Crippen molar-refractivity contribution in [2.24, 2.45) is 0 Å². The Morgan fingerprint density at radius 3 is 1.57 bits per heavy atom. The first-order valence-corrected chi connectivity index (χ1v) is 6.94. The third-order valence-corrected chi connectivity index (χ3v) is 2.82. The fraction of sp³-hybridized carbons (Fsp3) is 0.692. The Morgan fingerprint density at radius 2 is 1.22 bits per heavy atom. The van der Waals surface area contributed by atoms with E-state index in [9.17, 15) is 14.4 Å². The number of nitrogens with zero attached hydrogens (tertiary/aromatic N) is 2. The van der Waals surface area contributed by atoms with Crippen LogP contribution in [0.1, 0.15) is 19.8 Å². The van der Waals surface area contributed by atoms with Gasteiger partial charge in [-0.05, 0) is 6.54 Å². The van der Waals surface area contributed by atoms with Crippen molar-refractivity contribution in [2.45, 2.75) is 19.8 Å². The predicted molar refractivity (Wildman–Crippen MR) is 79.4 cm³/mol. The van der Waals surface area contributed by atoms with E-state index >= 15 is 0 Å². The van der Waals surface area contributed by atoms with Crippen LogP contribution in [0.15, 0.2) is 0 Å². The van der Waals surface area contributed by atoms with Crippen molar-refractivity contribution < 1.29 is 39.6 Å². The van der Waals surface area contributed by atoms with Crippen molar-refractivity contribution in [3.63, 3.8) is 0 Å². The number of carboxylic acids is 3. The molecule has 0 saturated carbocycles. The van der Waals surface area contributed by atoms with E-state index in [0.29, 0.717) is 26.2 Å². The van der Waals surface area contributed by atoms with Crippen LogP contribution < -0.4 is 0 Å². The molecule has 0 atom stereocenters. The molecule has 0 amide bonds. The molecule has 0 aromatic heterocycles. The van der Waals surface area contributed by atoms with Crippen LogP contribution in [0.25, 0.3) is 0 Å². The molecule has 134 valence electrons. The Hall–Kier alpha value is -2.20. The SMILES string of the molecule is CCN(CCC(=O)O)CCN(CCC(=O)O)CC(=O)O.O=CO. The Morgan fingerprint density at radius 1 is 0.826 bits per heavy atom. The highest BCUT2D eigenvalue weighted by atomic mass is 16.4. The second-order valence-electron chi connectivity index (χ2n) is 4.50. The van der Waals surface area contributed by atoms with Crippen molar-refractivity contribution in [1.82, 2.24) is 9.80 Å². The Kier molecular flexibility index (Phi) is 14.8. The second-order valence-corrected chi connectivity index (χ2v) is 4.50. The molecule has 0 rings (SSSR count). The normalized spacial score (nSPS) is 10.0. The number of rotatable bonds is 12. The third kappa shape index (κ3) is 17.7. The molecule has 0 saturated heterocycles. The molecule has 0 unspecified atom stereocenters. The highest BCUT2D eigenvalue weighted by Crippen LogP contribution is 1.97. The van der Waals surface area contributed by atoms with E-state index in [2.05, 4.69) is 0 Å². The zero-order valence-corrected chi connectivity index (χ0v) is 13.1. The highest BCUT2D eigenvalue weighted by Gasteiger charge is 2.13. The second kappa shape index (κ2) is 14.7. The number of hydrogen-bond donors (Lipinski definition) is 4. The van der Waals surface area contributed by atoms with Gasteiger partial charge in [0, 0.05) is 26.2 Å². The highest BCUT2D eigenvalue weighted by molar-refractivity contribution is 5.69. The summed E-state index contributed by atoms with van der Waals surface area (Å²) in [5.41, 5.74) is 0. The summed E-state index contributed by atoms with van der Waals surface area (Å²) in [6.45, 7) is 3.55. The van der Waals surface area contributed by atoms with Gasteiger partial charge in [0.15, 0.2) is 0 Å². The van der Waals surface area contributed by atoms with Crippen LogP contribution in [-0.2, 0) is 19.2 Å². The maximum atomic E-state index is 10.7.